The van der Waals surface area contributed by atoms with Gasteiger partial charge < -0.3 is 0 Å². The molecule has 3 nitrogen and oxygen atoms in total. The van der Waals surface area contributed by atoms with Crippen LogP contribution in [0, 0.1) is 0 Å². The topological polar surface area (TPSA) is 54.4 Å². The summed E-state index contributed by atoms with van der Waals surface area (Å²) in [5.41, 5.74) is 1.45. The van der Waals surface area contributed by atoms with E-state index in [-0.39, 0.29) is 0 Å². The van der Waals surface area contributed by atoms with Gasteiger partial charge in [-0.2, -0.15) is 8.42 Å². The Labute approximate surface area is 121 Å². The van der Waals surface area contributed by atoms with Crippen molar-refractivity contribution < 1.29 is 13.0 Å². The van der Waals surface area contributed by atoms with E-state index in [0.717, 1.165) is 0 Å². The quantitative estimate of drug-likeness (QED) is 0.665. The third-order valence-corrected chi connectivity index (χ3v) is 1.98. The first kappa shape index (κ1) is 20.3. The Morgan fingerprint density at radius 3 is 1.89 bits per heavy atom. The molecule has 0 saturated heterocycles. The monoisotopic (exact) mass is 325 g/mol. The van der Waals surface area contributed by atoms with Gasteiger partial charge in [-0.05, 0) is 17.9 Å². The SMILES string of the molecule is CCC(C)c1ccccc1.CS(=O)(=O)O.S=[P+]=S. The second kappa shape index (κ2) is 12.1. The van der Waals surface area contributed by atoms with Crippen LogP contribution in [-0.2, 0) is 33.7 Å². The zero-order chi connectivity index (χ0) is 14.6. The van der Waals surface area contributed by atoms with Crippen molar-refractivity contribution in [1.82, 2.24) is 0 Å². The summed E-state index contributed by atoms with van der Waals surface area (Å²) in [5.74, 6) is 0.709. The number of rotatable bonds is 2. The molecule has 0 saturated carbocycles. The third-order valence-electron chi connectivity index (χ3n) is 1.98. The normalized spacial score (nSPS) is 10.9. The van der Waals surface area contributed by atoms with E-state index in [4.69, 9.17) is 4.55 Å². The minimum absolute atomic E-state index is 0.583. The van der Waals surface area contributed by atoms with Gasteiger partial charge in [-0.1, -0.05) is 44.2 Å². The van der Waals surface area contributed by atoms with E-state index in [2.05, 4.69) is 67.8 Å². The fourth-order valence-electron chi connectivity index (χ4n) is 1.02. The van der Waals surface area contributed by atoms with Crippen LogP contribution in [0.4, 0.5) is 0 Å². The molecule has 0 spiro atoms. The molecule has 1 atom stereocenters. The summed E-state index contributed by atoms with van der Waals surface area (Å²) >= 11 is 8.36. The van der Waals surface area contributed by atoms with Crippen molar-refractivity contribution in [2.75, 3.05) is 6.26 Å². The molecular weight excluding hydrogens is 307 g/mol. The van der Waals surface area contributed by atoms with Crippen molar-refractivity contribution in [2.24, 2.45) is 0 Å². The Morgan fingerprint density at radius 1 is 1.28 bits per heavy atom. The van der Waals surface area contributed by atoms with Gasteiger partial charge in [-0.25, -0.2) is 0 Å². The average Bonchev–Trinajstić information content (AvgIpc) is 2.28. The molecule has 18 heavy (non-hydrogen) atoms. The van der Waals surface area contributed by atoms with Gasteiger partial charge in [0.15, 0.2) is 0 Å². The van der Waals surface area contributed by atoms with Crippen LogP contribution in [0.1, 0.15) is 31.7 Å². The van der Waals surface area contributed by atoms with E-state index in [1.807, 2.05) is 0 Å². The van der Waals surface area contributed by atoms with Crippen LogP contribution in [0.25, 0.3) is 0 Å². The molecule has 0 fully saturated rings. The predicted molar refractivity (Wildman–Crippen MR) is 84.3 cm³/mol. The minimum atomic E-state index is -3.67. The second-order valence-electron chi connectivity index (χ2n) is 3.53. The van der Waals surface area contributed by atoms with Gasteiger partial charge in [0.1, 0.15) is 0 Å². The van der Waals surface area contributed by atoms with Crippen LogP contribution < -0.4 is 0 Å². The fourth-order valence-corrected chi connectivity index (χ4v) is 1.02. The molecule has 1 N–H and O–H groups in total. The van der Waals surface area contributed by atoms with E-state index >= 15 is 0 Å². The fraction of sp³-hybridized carbons (Fsp3) is 0.455. The molecule has 0 aliphatic carbocycles. The molecule has 1 aromatic rings. The maximum atomic E-state index is 9.19. The third kappa shape index (κ3) is 18.4. The molecule has 0 aromatic heterocycles. The molecule has 0 aliphatic rings. The Kier molecular flexibility index (Phi) is 13.6. The molecule has 7 heteroatoms. The summed E-state index contributed by atoms with van der Waals surface area (Å²) in [6, 6.07) is 10.6. The Morgan fingerprint density at radius 2 is 1.61 bits per heavy atom. The second-order valence-corrected chi connectivity index (χ2v) is 6.93. The van der Waals surface area contributed by atoms with Crippen LogP contribution in [-0.4, -0.2) is 19.2 Å². The van der Waals surface area contributed by atoms with Gasteiger partial charge in [0.2, 0.25) is 0 Å². The first-order valence-electron chi connectivity index (χ1n) is 5.18. The van der Waals surface area contributed by atoms with Gasteiger partial charge in [-0.15, -0.1) is 0 Å². The van der Waals surface area contributed by atoms with E-state index in [1.54, 1.807) is 0 Å². The molecule has 102 valence electrons. The molecule has 1 unspecified atom stereocenters. The molecule has 1 aromatic carbocycles. The number of hydrogen-bond acceptors (Lipinski definition) is 4. The van der Waals surface area contributed by atoms with Crippen molar-refractivity contribution in [3.05, 3.63) is 35.9 Å². The summed E-state index contributed by atoms with van der Waals surface area (Å²) in [4.78, 5) is 0. The van der Waals surface area contributed by atoms with Gasteiger partial charge >= 0.3 is 29.7 Å². The predicted octanol–water partition coefficient (Wildman–Crippen LogP) is 3.56. The van der Waals surface area contributed by atoms with E-state index < -0.39 is 10.1 Å². The van der Waals surface area contributed by atoms with Gasteiger partial charge in [-0.3, -0.25) is 4.55 Å². The van der Waals surface area contributed by atoms with Gasteiger partial charge in [0, 0.05) is 0 Å². The van der Waals surface area contributed by atoms with Gasteiger partial charge in [0.25, 0.3) is 10.1 Å². The van der Waals surface area contributed by atoms with E-state index in [9.17, 15) is 8.42 Å². The van der Waals surface area contributed by atoms with Crippen molar-refractivity contribution >= 4 is 39.9 Å². The molecule has 1 rings (SSSR count). The van der Waals surface area contributed by atoms with Crippen molar-refractivity contribution in [3.63, 3.8) is 0 Å². The molecule has 0 heterocycles. The van der Waals surface area contributed by atoms with Crippen LogP contribution in [0.5, 0.6) is 0 Å². The number of benzene rings is 1. The number of hydrogen-bond donors (Lipinski definition) is 1. The van der Waals surface area contributed by atoms with E-state index in [1.165, 1.54) is 12.0 Å². The van der Waals surface area contributed by atoms with E-state index in [0.29, 0.717) is 18.3 Å². The molecule has 0 amide bonds. The summed E-state index contributed by atoms with van der Waals surface area (Å²) in [6.45, 7) is 4.48. The molecule has 0 bridgehead atoms. The summed E-state index contributed by atoms with van der Waals surface area (Å²) < 4.78 is 25.9. The van der Waals surface area contributed by atoms with Crippen LogP contribution >= 0.6 is 6.13 Å². The van der Waals surface area contributed by atoms with Crippen molar-refractivity contribution in [1.29, 1.82) is 0 Å². The van der Waals surface area contributed by atoms with Crippen molar-refractivity contribution in [2.45, 2.75) is 26.2 Å². The Balaban J connectivity index is 0. The summed E-state index contributed by atoms with van der Waals surface area (Å²) in [7, 11) is -3.67. The Hall–Kier alpha value is -0.000000000000000139. The molecular formula is C11H18O3PS3+. The molecule has 0 aliphatic heterocycles. The standard InChI is InChI=1S/C10H14.CH4O3S.PS2/c1-3-9(2)10-7-5-4-6-8-10;1-5(2,3)4;2-1-3/h4-9H,3H2,1-2H3;1H3,(H,2,3,4);/q;;+1. The van der Waals surface area contributed by atoms with Gasteiger partial charge in [0.05, 0.1) is 6.26 Å². The Bertz CT molecular complexity index is 432. The molecule has 0 radical (unpaired) electrons. The zero-order valence-electron chi connectivity index (χ0n) is 10.6. The first-order chi connectivity index (χ1) is 8.26. The van der Waals surface area contributed by atoms with Crippen LogP contribution in [0.2, 0.25) is 0 Å². The average molecular weight is 325 g/mol. The summed E-state index contributed by atoms with van der Waals surface area (Å²) in [5, 5.41) is 0. The van der Waals surface area contributed by atoms with Crippen LogP contribution in [0.15, 0.2) is 30.3 Å². The van der Waals surface area contributed by atoms with Crippen molar-refractivity contribution in [3.8, 4) is 0 Å². The van der Waals surface area contributed by atoms with Crippen LogP contribution in [0.3, 0.4) is 0 Å². The zero-order valence-corrected chi connectivity index (χ0v) is 14.0. The summed E-state index contributed by atoms with van der Waals surface area (Å²) in [6.07, 6.45) is 2.52. The first-order valence-corrected chi connectivity index (χ1v) is 9.95. The maximum absolute atomic E-state index is 9.19.